The number of nitrogens with one attached hydrogen (secondary N) is 1. The fourth-order valence-corrected chi connectivity index (χ4v) is 1.72. The molecule has 0 amide bonds. The predicted octanol–water partition coefficient (Wildman–Crippen LogP) is 1.74. The number of hydrogen-bond acceptors (Lipinski definition) is 3. The van der Waals surface area contributed by atoms with E-state index in [1.165, 1.54) is 18.4 Å². The molecule has 1 saturated heterocycles. The Morgan fingerprint density at radius 2 is 2.47 bits per heavy atom. The topological polar surface area (TPSA) is 30.5 Å². The van der Waals surface area contributed by atoms with Gasteiger partial charge in [-0.15, -0.1) is 0 Å². The van der Waals surface area contributed by atoms with E-state index < -0.39 is 0 Å². The van der Waals surface area contributed by atoms with Crippen LogP contribution in [0.5, 0.6) is 0 Å². The van der Waals surface area contributed by atoms with Gasteiger partial charge >= 0.3 is 0 Å². The molecule has 0 radical (unpaired) electrons. The molecule has 15 heavy (non-hydrogen) atoms. The zero-order valence-corrected chi connectivity index (χ0v) is 9.92. The van der Waals surface area contributed by atoms with E-state index in [0.29, 0.717) is 6.10 Å². The molecule has 1 N–H and O–H groups in total. The van der Waals surface area contributed by atoms with Gasteiger partial charge < -0.3 is 14.8 Å². The third-order valence-electron chi connectivity index (χ3n) is 2.68. The maximum atomic E-state index is 5.58. The number of methoxy groups -OCH3 is 1. The first-order valence-corrected chi connectivity index (χ1v) is 5.87. The van der Waals surface area contributed by atoms with E-state index >= 15 is 0 Å². The van der Waals surface area contributed by atoms with Crippen LogP contribution in [0.2, 0.25) is 0 Å². The van der Waals surface area contributed by atoms with Crippen molar-refractivity contribution < 1.29 is 9.47 Å². The lowest BCUT2D eigenvalue weighted by atomic mass is 10.1. The minimum Gasteiger partial charge on any atom is -0.383 e. The minimum absolute atomic E-state index is 0.365. The van der Waals surface area contributed by atoms with Crippen molar-refractivity contribution in [1.29, 1.82) is 0 Å². The van der Waals surface area contributed by atoms with Gasteiger partial charge in [0.15, 0.2) is 0 Å². The Morgan fingerprint density at radius 1 is 1.60 bits per heavy atom. The third-order valence-corrected chi connectivity index (χ3v) is 2.68. The first-order valence-electron chi connectivity index (χ1n) is 5.87. The highest BCUT2D eigenvalue weighted by molar-refractivity contribution is 5.07. The molecule has 1 aliphatic heterocycles. The van der Waals surface area contributed by atoms with Crippen LogP contribution >= 0.6 is 0 Å². The van der Waals surface area contributed by atoms with Crippen molar-refractivity contribution in [2.24, 2.45) is 0 Å². The molecule has 1 unspecified atom stereocenters. The smallest absolute Gasteiger partial charge is 0.0759 e. The van der Waals surface area contributed by atoms with E-state index in [9.17, 15) is 0 Å². The van der Waals surface area contributed by atoms with E-state index in [1.807, 2.05) is 0 Å². The summed E-state index contributed by atoms with van der Waals surface area (Å²) in [7, 11) is 1.73. The van der Waals surface area contributed by atoms with Crippen molar-refractivity contribution in [3.05, 3.63) is 11.6 Å². The molecule has 1 fully saturated rings. The molecule has 88 valence electrons. The molecule has 1 aliphatic rings. The summed E-state index contributed by atoms with van der Waals surface area (Å²) in [4.78, 5) is 0. The van der Waals surface area contributed by atoms with Gasteiger partial charge in [-0.05, 0) is 19.3 Å². The van der Waals surface area contributed by atoms with Gasteiger partial charge in [0, 0.05) is 26.8 Å². The molecule has 0 spiro atoms. The lowest BCUT2D eigenvalue weighted by molar-refractivity contribution is 0.145. The Hall–Kier alpha value is -0.380. The zero-order chi connectivity index (χ0) is 10.9. The van der Waals surface area contributed by atoms with Crippen LogP contribution in [0.3, 0.4) is 0 Å². The van der Waals surface area contributed by atoms with Crippen LogP contribution in [0.25, 0.3) is 0 Å². The number of hydrogen-bond donors (Lipinski definition) is 1. The molecular weight excluding hydrogens is 190 g/mol. The summed E-state index contributed by atoms with van der Waals surface area (Å²) in [5.41, 5.74) is 1.44. The van der Waals surface area contributed by atoms with Gasteiger partial charge in [0.1, 0.15) is 0 Å². The average molecular weight is 213 g/mol. The second-order valence-corrected chi connectivity index (χ2v) is 3.90. The van der Waals surface area contributed by atoms with Crippen LogP contribution in [0.15, 0.2) is 11.6 Å². The van der Waals surface area contributed by atoms with E-state index in [0.717, 1.165) is 32.7 Å². The standard InChI is InChI=1S/C12H23NO2/c1-3-11(10-13-6-8-14-2)9-12-5-4-7-15-12/h9,12-13H,3-8,10H2,1-2H3/b11-9-. The van der Waals surface area contributed by atoms with Gasteiger partial charge in [-0.1, -0.05) is 18.6 Å². The first kappa shape index (κ1) is 12.7. The summed E-state index contributed by atoms with van der Waals surface area (Å²) in [5.74, 6) is 0. The van der Waals surface area contributed by atoms with Gasteiger partial charge in [0.25, 0.3) is 0 Å². The summed E-state index contributed by atoms with van der Waals surface area (Å²) in [6.45, 7) is 5.77. The molecule has 0 aromatic rings. The minimum atomic E-state index is 0.365. The SMILES string of the molecule is CC/C(=C/C1CCCO1)CNCCOC. The largest absolute Gasteiger partial charge is 0.383 e. The van der Waals surface area contributed by atoms with Crippen LogP contribution in [-0.4, -0.2) is 39.5 Å². The van der Waals surface area contributed by atoms with Gasteiger partial charge in [0.2, 0.25) is 0 Å². The van der Waals surface area contributed by atoms with Crippen molar-refractivity contribution >= 4 is 0 Å². The second kappa shape index (κ2) is 7.85. The zero-order valence-electron chi connectivity index (χ0n) is 9.92. The fourth-order valence-electron chi connectivity index (χ4n) is 1.72. The summed E-state index contributed by atoms with van der Waals surface area (Å²) in [6.07, 6.45) is 6.13. The first-order chi connectivity index (χ1) is 7.36. The summed E-state index contributed by atoms with van der Waals surface area (Å²) in [5, 5.41) is 3.36. The van der Waals surface area contributed by atoms with Crippen LogP contribution in [0.4, 0.5) is 0 Å². The second-order valence-electron chi connectivity index (χ2n) is 3.90. The maximum Gasteiger partial charge on any atom is 0.0759 e. The third kappa shape index (κ3) is 5.30. The Kier molecular flexibility index (Phi) is 6.64. The van der Waals surface area contributed by atoms with Crippen molar-refractivity contribution in [2.75, 3.05) is 33.4 Å². The van der Waals surface area contributed by atoms with E-state index in [1.54, 1.807) is 7.11 Å². The Morgan fingerprint density at radius 3 is 3.07 bits per heavy atom. The molecule has 1 atom stereocenters. The molecule has 0 saturated carbocycles. The average Bonchev–Trinajstić information content (AvgIpc) is 2.75. The Bertz CT molecular complexity index is 186. The predicted molar refractivity (Wildman–Crippen MR) is 62.1 cm³/mol. The summed E-state index contributed by atoms with van der Waals surface area (Å²) >= 11 is 0. The van der Waals surface area contributed by atoms with Crippen LogP contribution in [0, 0.1) is 0 Å². The normalized spacial score (nSPS) is 22.3. The lowest BCUT2D eigenvalue weighted by Crippen LogP contribution is -2.22. The van der Waals surface area contributed by atoms with E-state index in [2.05, 4.69) is 18.3 Å². The number of rotatable bonds is 7. The molecule has 3 nitrogen and oxygen atoms in total. The molecule has 1 rings (SSSR count). The quantitative estimate of drug-likeness (QED) is 0.516. The molecule has 0 bridgehead atoms. The molecular formula is C12H23NO2. The van der Waals surface area contributed by atoms with Crippen LogP contribution in [-0.2, 0) is 9.47 Å². The molecule has 3 heteroatoms. The van der Waals surface area contributed by atoms with Gasteiger partial charge in [0.05, 0.1) is 12.7 Å². The highest BCUT2D eigenvalue weighted by atomic mass is 16.5. The lowest BCUT2D eigenvalue weighted by Gasteiger charge is -2.10. The summed E-state index contributed by atoms with van der Waals surface area (Å²) in [6, 6.07) is 0. The molecule has 1 heterocycles. The van der Waals surface area contributed by atoms with Crippen molar-refractivity contribution in [3.8, 4) is 0 Å². The van der Waals surface area contributed by atoms with Gasteiger partial charge in [-0.3, -0.25) is 0 Å². The van der Waals surface area contributed by atoms with E-state index in [4.69, 9.17) is 9.47 Å². The van der Waals surface area contributed by atoms with Crippen LogP contribution < -0.4 is 5.32 Å². The maximum absolute atomic E-state index is 5.58. The van der Waals surface area contributed by atoms with Gasteiger partial charge in [-0.2, -0.15) is 0 Å². The Balaban J connectivity index is 2.21. The van der Waals surface area contributed by atoms with Crippen molar-refractivity contribution in [2.45, 2.75) is 32.3 Å². The highest BCUT2D eigenvalue weighted by Crippen LogP contribution is 2.15. The van der Waals surface area contributed by atoms with E-state index in [-0.39, 0.29) is 0 Å². The molecule has 0 aliphatic carbocycles. The molecule has 0 aromatic carbocycles. The fraction of sp³-hybridized carbons (Fsp3) is 0.833. The highest BCUT2D eigenvalue weighted by Gasteiger charge is 2.12. The van der Waals surface area contributed by atoms with Crippen molar-refractivity contribution in [1.82, 2.24) is 5.32 Å². The summed E-state index contributed by atoms with van der Waals surface area (Å²) < 4.78 is 10.6. The number of ether oxygens (including phenoxy) is 2. The van der Waals surface area contributed by atoms with Crippen molar-refractivity contribution in [3.63, 3.8) is 0 Å². The monoisotopic (exact) mass is 213 g/mol. The van der Waals surface area contributed by atoms with Gasteiger partial charge in [-0.25, -0.2) is 0 Å². The van der Waals surface area contributed by atoms with Crippen LogP contribution in [0.1, 0.15) is 26.2 Å². The Labute approximate surface area is 92.8 Å². The molecule has 0 aromatic heterocycles.